The zero-order valence-corrected chi connectivity index (χ0v) is 13.0. The van der Waals surface area contributed by atoms with E-state index in [1.54, 1.807) is 16.2 Å². The smallest absolute Gasteiger partial charge is 0.410 e. The van der Waals surface area contributed by atoms with E-state index in [1.807, 2.05) is 32.2 Å². The number of amides is 1. The second-order valence-corrected chi connectivity index (χ2v) is 7.05. The van der Waals surface area contributed by atoms with Crippen LogP contribution in [0.15, 0.2) is 11.4 Å². The molecule has 1 unspecified atom stereocenters. The van der Waals surface area contributed by atoms with E-state index in [4.69, 9.17) is 4.74 Å². The van der Waals surface area contributed by atoms with Gasteiger partial charge in [0.1, 0.15) is 11.9 Å². The van der Waals surface area contributed by atoms with Crippen LogP contribution < -0.4 is 0 Å². The third kappa shape index (κ3) is 3.60. The molecule has 5 heteroatoms. The van der Waals surface area contributed by atoms with Crippen molar-refractivity contribution in [3.63, 3.8) is 0 Å². The lowest BCUT2D eigenvalue weighted by Gasteiger charge is -2.26. The second-order valence-electron chi connectivity index (χ2n) is 6.10. The van der Waals surface area contributed by atoms with Gasteiger partial charge in [0, 0.05) is 23.8 Å². The van der Waals surface area contributed by atoms with Crippen molar-refractivity contribution in [1.82, 2.24) is 4.90 Å². The zero-order chi connectivity index (χ0) is 14.8. The molecule has 0 N–H and O–H groups in total. The van der Waals surface area contributed by atoms with Crippen molar-refractivity contribution in [1.29, 1.82) is 0 Å². The number of nitrogens with zero attached hydrogens (tertiary/aromatic N) is 1. The topological polar surface area (TPSA) is 46.6 Å². The molecule has 0 radical (unpaired) electrons. The van der Waals surface area contributed by atoms with Crippen molar-refractivity contribution in [3.8, 4) is 0 Å². The molecular formula is C15H21NO3S. The van der Waals surface area contributed by atoms with Crippen molar-refractivity contribution < 1.29 is 14.3 Å². The molecule has 110 valence electrons. The van der Waals surface area contributed by atoms with Gasteiger partial charge in [0.15, 0.2) is 0 Å². The van der Waals surface area contributed by atoms with Crippen molar-refractivity contribution >= 4 is 23.7 Å². The maximum atomic E-state index is 12.2. The van der Waals surface area contributed by atoms with Gasteiger partial charge >= 0.3 is 6.09 Å². The van der Waals surface area contributed by atoms with Crippen LogP contribution in [0.25, 0.3) is 0 Å². The van der Waals surface area contributed by atoms with Gasteiger partial charge in [0.25, 0.3) is 0 Å². The first kappa shape index (κ1) is 15.0. The Kier molecular flexibility index (Phi) is 4.48. The molecule has 1 aliphatic rings. The number of carbonyl (C=O) groups is 2. The van der Waals surface area contributed by atoms with Gasteiger partial charge < -0.3 is 14.4 Å². The fourth-order valence-corrected chi connectivity index (χ4v) is 3.46. The quantitative estimate of drug-likeness (QED) is 0.784. The number of thiophene rings is 1. The summed E-state index contributed by atoms with van der Waals surface area (Å²) >= 11 is 1.68. The van der Waals surface area contributed by atoms with Crippen LogP contribution in [0.3, 0.4) is 0 Å². The number of rotatable bonds is 2. The minimum atomic E-state index is -0.483. The predicted octanol–water partition coefficient (Wildman–Crippen LogP) is 3.56. The molecule has 1 aliphatic heterocycles. The van der Waals surface area contributed by atoms with Gasteiger partial charge in [-0.05, 0) is 44.2 Å². The van der Waals surface area contributed by atoms with Crippen molar-refractivity contribution in [2.24, 2.45) is 0 Å². The lowest BCUT2D eigenvalue weighted by atomic mass is 9.99. The van der Waals surface area contributed by atoms with Crippen LogP contribution in [0.5, 0.6) is 0 Å². The minimum absolute atomic E-state index is 0.231. The summed E-state index contributed by atoms with van der Waals surface area (Å²) in [7, 11) is 0. The highest BCUT2D eigenvalue weighted by Crippen LogP contribution is 2.34. The Balaban J connectivity index is 2.14. The molecular weight excluding hydrogens is 274 g/mol. The summed E-state index contributed by atoms with van der Waals surface area (Å²) in [5, 5.41) is 2.03. The number of hydrogen-bond acceptors (Lipinski definition) is 4. The Bertz CT molecular complexity index is 490. The third-order valence-electron chi connectivity index (χ3n) is 3.29. The van der Waals surface area contributed by atoms with E-state index in [1.165, 1.54) is 4.88 Å². The Labute approximate surface area is 123 Å². The average molecular weight is 295 g/mol. The summed E-state index contributed by atoms with van der Waals surface area (Å²) in [5.74, 6) is 0.231. The number of fused-ring (bicyclic) bond motifs is 1. The van der Waals surface area contributed by atoms with Crippen molar-refractivity contribution in [3.05, 3.63) is 21.9 Å². The van der Waals surface area contributed by atoms with E-state index < -0.39 is 5.60 Å². The standard InChI is InChI=1S/C15H21NO3S/c1-15(2,3)19-14(18)16-7-4-11(5-8-17)13-12(10-16)6-9-20-13/h6,8-9,11H,4-5,7,10H2,1-3H3. The van der Waals surface area contributed by atoms with Gasteiger partial charge in [-0.3, -0.25) is 0 Å². The van der Waals surface area contributed by atoms with E-state index in [9.17, 15) is 9.59 Å². The monoisotopic (exact) mass is 295 g/mol. The number of hydrogen-bond donors (Lipinski definition) is 0. The summed E-state index contributed by atoms with van der Waals surface area (Å²) in [4.78, 5) is 26.0. The summed E-state index contributed by atoms with van der Waals surface area (Å²) < 4.78 is 5.44. The molecule has 1 atom stereocenters. The molecule has 2 heterocycles. The predicted molar refractivity (Wildman–Crippen MR) is 79.0 cm³/mol. The highest BCUT2D eigenvalue weighted by atomic mass is 32.1. The molecule has 0 fully saturated rings. The normalized spacial score (nSPS) is 19.1. The highest BCUT2D eigenvalue weighted by Gasteiger charge is 2.28. The Hall–Kier alpha value is -1.36. The van der Waals surface area contributed by atoms with E-state index in [2.05, 4.69) is 0 Å². The molecule has 0 spiro atoms. The highest BCUT2D eigenvalue weighted by molar-refractivity contribution is 7.10. The van der Waals surface area contributed by atoms with Crippen LogP contribution >= 0.6 is 11.3 Å². The van der Waals surface area contributed by atoms with Crippen LogP contribution in [0.2, 0.25) is 0 Å². The lowest BCUT2D eigenvalue weighted by molar-refractivity contribution is -0.108. The molecule has 0 aromatic carbocycles. The van der Waals surface area contributed by atoms with Gasteiger partial charge in [-0.15, -0.1) is 11.3 Å². The summed E-state index contributed by atoms with van der Waals surface area (Å²) in [6, 6.07) is 2.04. The molecule has 4 nitrogen and oxygen atoms in total. The number of carbonyl (C=O) groups excluding carboxylic acids is 2. The van der Waals surface area contributed by atoms with Crippen LogP contribution in [-0.2, 0) is 16.1 Å². The van der Waals surface area contributed by atoms with E-state index in [-0.39, 0.29) is 12.0 Å². The molecule has 0 bridgehead atoms. The maximum absolute atomic E-state index is 12.2. The van der Waals surface area contributed by atoms with Gasteiger partial charge in [-0.2, -0.15) is 0 Å². The van der Waals surface area contributed by atoms with Crippen molar-refractivity contribution in [2.45, 2.75) is 51.7 Å². The van der Waals surface area contributed by atoms with E-state index in [0.717, 1.165) is 18.3 Å². The Morgan fingerprint density at radius 1 is 1.55 bits per heavy atom. The molecule has 0 saturated heterocycles. The molecule has 0 aliphatic carbocycles. The number of aldehydes is 1. The van der Waals surface area contributed by atoms with E-state index >= 15 is 0 Å². The molecule has 2 rings (SSSR count). The van der Waals surface area contributed by atoms with Crippen LogP contribution in [0.4, 0.5) is 4.79 Å². The fraction of sp³-hybridized carbons (Fsp3) is 0.600. The SMILES string of the molecule is CC(C)(C)OC(=O)N1CCC(CC=O)c2sccc2C1. The largest absolute Gasteiger partial charge is 0.444 e. The lowest BCUT2D eigenvalue weighted by Crippen LogP contribution is -2.36. The van der Waals surface area contributed by atoms with E-state index in [0.29, 0.717) is 19.5 Å². The first-order chi connectivity index (χ1) is 9.40. The zero-order valence-electron chi connectivity index (χ0n) is 12.2. The first-order valence-electron chi connectivity index (χ1n) is 6.88. The Morgan fingerprint density at radius 2 is 2.30 bits per heavy atom. The first-order valence-corrected chi connectivity index (χ1v) is 7.76. The third-order valence-corrected chi connectivity index (χ3v) is 4.41. The molecule has 1 amide bonds. The molecule has 0 saturated carbocycles. The molecule has 20 heavy (non-hydrogen) atoms. The van der Waals surface area contributed by atoms with Gasteiger partial charge in [-0.25, -0.2) is 4.79 Å². The summed E-state index contributed by atoms with van der Waals surface area (Å²) in [6.07, 6.45) is 2.03. The summed E-state index contributed by atoms with van der Waals surface area (Å²) in [5.41, 5.74) is 0.661. The van der Waals surface area contributed by atoms with Crippen LogP contribution in [-0.4, -0.2) is 29.4 Å². The fourth-order valence-electron chi connectivity index (χ4n) is 2.39. The van der Waals surface area contributed by atoms with Crippen LogP contribution in [0, 0.1) is 0 Å². The van der Waals surface area contributed by atoms with Gasteiger partial charge in [-0.1, -0.05) is 0 Å². The second kappa shape index (κ2) is 5.95. The van der Waals surface area contributed by atoms with Gasteiger partial charge in [0.2, 0.25) is 0 Å². The number of ether oxygens (including phenoxy) is 1. The van der Waals surface area contributed by atoms with Gasteiger partial charge in [0.05, 0.1) is 6.54 Å². The van der Waals surface area contributed by atoms with Crippen LogP contribution in [0.1, 0.15) is 50.0 Å². The van der Waals surface area contributed by atoms with Crippen molar-refractivity contribution in [2.75, 3.05) is 6.54 Å². The molecule has 1 aromatic heterocycles. The minimum Gasteiger partial charge on any atom is -0.444 e. The summed E-state index contributed by atoms with van der Waals surface area (Å²) in [6.45, 7) is 6.81. The maximum Gasteiger partial charge on any atom is 0.410 e. The Morgan fingerprint density at radius 3 is 2.95 bits per heavy atom. The average Bonchev–Trinajstić information content (AvgIpc) is 2.72. The molecule has 1 aromatic rings.